The van der Waals surface area contributed by atoms with Crippen LogP contribution in [0.2, 0.25) is 0 Å². The summed E-state index contributed by atoms with van der Waals surface area (Å²) >= 11 is 0. The number of carbonyl (C=O) groups excluding carboxylic acids is 1. The molecule has 0 bridgehead atoms. The summed E-state index contributed by atoms with van der Waals surface area (Å²) in [6.07, 6.45) is 1.23. The van der Waals surface area contributed by atoms with Crippen LogP contribution in [-0.2, 0) is 18.2 Å². The minimum absolute atomic E-state index is 0. The Bertz CT molecular complexity index is 667. The average Bonchev–Trinajstić information content (AvgIpc) is 2.79. The van der Waals surface area contributed by atoms with Crippen LogP contribution in [0.25, 0.3) is 0 Å². The van der Waals surface area contributed by atoms with Crippen LogP contribution in [0.4, 0.5) is 4.79 Å². The predicted molar refractivity (Wildman–Crippen MR) is 129 cm³/mol. The minimum Gasteiger partial charge on any atom is -0.444 e. The molecule has 0 aliphatic heterocycles. The van der Waals surface area contributed by atoms with Crippen molar-refractivity contribution in [2.75, 3.05) is 19.6 Å². The van der Waals surface area contributed by atoms with E-state index in [-0.39, 0.29) is 30.0 Å². The zero-order valence-electron chi connectivity index (χ0n) is 19.2. The van der Waals surface area contributed by atoms with Crippen LogP contribution in [0.15, 0.2) is 4.99 Å². The lowest BCUT2D eigenvalue weighted by Gasteiger charge is -2.19. The molecule has 0 aromatic carbocycles. The van der Waals surface area contributed by atoms with Crippen molar-refractivity contribution in [1.82, 2.24) is 25.7 Å². The van der Waals surface area contributed by atoms with E-state index in [1.807, 2.05) is 46.3 Å². The second-order valence-corrected chi connectivity index (χ2v) is 8.07. The molecule has 9 heteroatoms. The number of guanidine groups is 1. The summed E-state index contributed by atoms with van der Waals surface area (Å²) in [6.45, 7) is 15.8. The third-order valence-corrected chi connectivity index (χ3v) is 4.17. The quantitative estimate of drug-likeness (QED) is 0.211. The molecule has 29 heavy (non-hydrogen) atoms. The molecule has 1 aromatic rings. The number of nitrogens with one attached hydrogen (secondary N) is 3. The van der Waals surface area contributed by atoms with Crippen LogP contribution in [0.5, 0.6) is 0 Å². The van der Waals surface area contributed by atoms with E-state index < -0.39 is 11.7 Å². The summed E-state index contributed by atoms with van der Waals surface area (Å²) in [5, 5.41) is 14.0. The zero-order chi connectivity index (χ0) is 21.3. The normalized spacial score (nSPS) is 12.8. The average molecular weight is 522 g/mol. The van der Waals surface area contributed by atoms with Crippen molar-refractivity contribution < 1.29 is 9.53 Å². The Hall–Kier alpha value is -1.52. The van der Waals surface area contributed by atoms with E-state index in [0.717, 1.165) is 31.0 Å². The number of aliphatic imine (C=N–C) groups is 1. The molecule has 0 fully saturated rings. The van der Waals surface area contributed by atoms with E-state index in [2.05, 4.69) is 39.9 Å². The Morgan fingerprint density at radius 3 is 2.45 bits per heavy atom. The topological polar surface area (TPSA) is 92.6 Å². The molecular weight excluding hydrogens is 483 g/mol. The predicted octanol–water partition coefficient (Wildman–Crippen LogP) is 3.06. The first kappa shape index (κ1) is 27.5. The van der Waals surface area contributed by atoms with Gasteiger partial charge in [-0.15, -0.1) is 24.0 Å². The van der Waals surface area contributed by atoms with E-state index in [9.17, 15) is 4.79 Å². The van der Waals surface area contributed by atoms with E-state index in [0.29, 0.717) is 13.1 Å². The smallest absolute Gasteiger partial charge is 0.407 e. The molecule has 0 radical (unpaired) electrons. The summed E-state index contributed by atoms with van der Waals surface area (Å²) in [4.78, 5) is 16.2. The highest BCUT2D eigenvalue weighted by Gasteiger charge is 2.16. The van der Waals surface area contributed by atoms with Gasteiger partial charge in [0.05, 0.1) is 5.69 Å². The zero-order valence-corrected chi connectivity index (χ0v) is 21.5. The van der Waals surface area contributed by atoms with Gasteiger partial charge < -0.3 is 20.7 Å². The second kappa shape index (κ2) is 12.9. The summed E-state index contributed by atoms with van der Waals surface area (Å²) in [7, 11) is 1.97. The first-order valence-electron chi connectivity index (χ1n) is 10.0. The molecule has 1 heterocycles. The highest BCUT2D eigenvalue weighted by molar-refractivity contribution is 14.0. The molecule has 1 aromatic heterocycles. The van der Waals surface area contributed by atoms with Gasteiger partial charge in [-0.05, 0) is 66.9 Å². The number of aromatic nitrogens is 2. The standard InChI is InChI=1S/C20H38N6O2.HI/c1-9-21-18(22-11-10-12-23-19(27)28-20(5,6)7)24-14(2)13-17-15(3)25-26(8)16(17)4;/h14H,9-13H2,1-8H3,(H,23,27)(H2,21,22,24);1H. The van der Waals surface area contributed by atoms with Crippen LogP contribution in [0, 0.1) is 13.8 Å². The van der Waals surface area contributed by atoms with Crippen molar-refractivity contribution in [2.24, 2.45) is 12.0 Å². The third-order valence-electron chi connectivity index (χ3n) is 4.17. The SMILES string of the molecule is CCNC(=NCCCNC(=O)OC(C)(C)C)NC(C)Cc1c(C)nn(C)c1C.I. The number of nitrogens with zero attached hydrogens (tertiary/aromatic N) is 3. The second-order valence-electron chi connectivity index (χ2n) is 8.07. The van der Waals surface area contributed by atoms with Gasteiger partial charge >= 0.3 is 6.09 Å². The molecule has 1 amide bonds. The van der Waals surface area contributed by atoms with Gasteiger partial charge in [0.25, 0.3) is 0 Å². The van der Waals surface area contributed by atoms with Crippen molar-refractivity contribution in [3.63, 3.8) is 0 Å². The van der Waals surface area contributed by atoms with Crippen LogP contribution in [-0.4, -0.2) is 53.1 Å². The molecule has 0 saturated heterocycles. The van der Waals surface area contributed by atoms with Crippen molar-refractivity contribution in [3.05, 3.63) is 17.0 Å². The molecule has 1 rings (SSSR count). The fourth-order valence-corrected chi connectivity index (χ4v) is 2.80. The molecule has 168 valence electrons. The van der Waals surface area contributed by atoms with Crippen LogP contribution >= 0.6 is 24.0 Å². The summed E-state index contributed by atoms with van der Waals surface area (Å²) in [6, 6.07) is 0.222. The van der Waals surface area contributed by atoms with Crippen LogP contribution < -0.4 is 16.0 Å². The number of carbonyl (C=O) groups is 1. The van der Waals surface area contributed by atoms with E-state index in [1.165, 1.54) is 11.3 Å². The number of rotatable bonds is 8. The monoisotopic (exact) mass is 522 g/mol. The third kappa shape index (κ3) is 10.7. The van der Waals surface area contributed by atoms with Gasteiger partial charge in [-0.2, -0.15) is 5.10 Å². The van der Waals surface area contributed by atoms with Gasteiger partial charge in [-0.1, -0.05) is 0 Å². The number of ether oxygens (including phenoxy) is 1. The van der Waals surface area contributed by atoms with Gasteiger partial charge in [0.15, 0.2) is 5.96 Å². The molecule has 8 nitrogen and oxygen atoms in total. The maximum absolute atomic E-state index is 11.6. The summed E-state index contributed by atoms with van der Waals surface area (Å²) in [5.41, 5.74) is 3.07. The summed E-state index contributed by atoms with van der Waals surface area (Å²) in [5.74, 6) is 0.784. The first-order chi connectivity index (χ1) is 13.0. The van der Waals surface area contributed by atoms with Crippen molar-refractivity contribution in [3.8, 4) is 0 Å². The Morgan fingerprint density at radius 2 is 1.93 bits per heavy atom. The van der Waals surface area contributed by atoms with E-state index in [1.54, 1.807) is 0 Å². The maximum Gasteiger partial charge on any atom is 0.407 e. The Labute approximate surface area is 192 Å². The molecule has 1 unspecified atom stereocenters. The van der Waals surface area contributed by atoms with Gasteiger partial charge in [0, 0.05) is 38.4 Å². The lowest BCUT2D eigenvalue weighted by atomic mass is 10.1. The highest BCUT2D eigenvalue weighted by atomic mass is 127. The molecule has 0 spiro atoms. The molecule has 0 saturated carbocycles. The van der Waals surface area contributed by atoms with Gasteiger partial charge in [-0.3, -0.25) is 9.67 Å². The fraction of sp³-hybridized carbons (Fsp3) is 0.750. The lowest BCUT2D eigenvalue weighted by Crippen LogP contribution is -2.43. The molecule has 1 atom stereocenters. The number of hydrogen-bond acceptors (Lipinski definition) is 4. The number of alkyl carbamates (subject to hydrolysis) is 1. The van der Waals surface area contributed by atoms with Gasteiger partial charge in [0.2, 0.25) is 0 Å². The Kier molecular flexibility index (Phi) is 12.2. The molecular formula is C20H39IN6O2. The maximum atomic E-state index is 11.6. The largest absolute Gasteiger partial charge is 0.444 e. The number of halogens is 1. The van der Waals surface area contributed by atoms with Gasteiger partial charge in [-0.25, -0.2) is 4.79 Å². The fourth-order valence-electron chi connectivity index (χ4n) is 2.80. The van der Waals surface area contributed by atoms with Crippen molar-refractivity contribution in [2.45, 2.75) is 73.0 Å². The number of hydrogen-bond donors (Lipinski definition) is 3. The number of amides is 1. The highest BCUT2D eigenvalue weighted by Crippen LogP contribution is 2.14. The van der Waals surface area contributed by atoms with Crippen LogP contribution in [0.1, 0.15) is 58.0 Å². The van der Waals surface area contributed by atoms with Crippen molar-refractivity contribution >= 4 is 36.0 Å². The van der Waals surface area contributed by atoms with Crippen LogP contribution in [0.3, 0.4) is 0 Å². The molecule has 0 aliphatic rings. The molecule has 3 N–H and O–H groups in total. The van der Waals surface area contributed by atoms with E-state index in [4.69, 9.17) is 4.74 Å². The first-order valence-corrected chi connectivity index (χ1v) is 10.0. The van der Waals surface area contributed by atoms with Gasteiger partial charge in [0.1, 0.15) is 5.60 Å². The lowest BCUT2D eigenvalue weighted by molar-refractivity contribution is 0.0527. The van der Waals surface area contributed by atoms with Crippen molar-refractivity contribution in [1.29, 1.82) is 0 Å². The van der Waals surface area contributed by atoms with E-state index >= 15 is 0 Å². The Morgan fingerprint density at radius 1 is 1.28 bits per heavy atom. The summed E-state index contributed by atoms with van der Waals surface area (Å²) < 4.78 is 7.14. The Balaban J connectivity index is 0.00000784. The molecule has 0 aliphatic carbocycles. The number of aryl methyl sites for hydroxylation is 2. The minimum atomic E-state index is -0.481.